The fourth-order valence-electron chi connectivity index (χ4n) is 3.19. The smallest absolute Gasteiger partial charge is 0.214 e. The zero-order valence-corrected chi connectivity index (χ0v) is 19.2. The fraction of sp³-hybridized carbons (Fsp3) is 0.130. The van der Waals surface area contributed by atoms with Crippen LogP contribution in [-0.4, -0.2) is 22.0 Å². The van der Waals surface area contributed by atoms with Crippen LogP contribution in [0.2, 0.25) is 0 Å². The molecular formula is C23H21BrN4O2S. The second-order valence-electron chi connectivity index (χ2n) is 6.76. The molecule has 0 bridgehead atoms. The summed E-state index contributed by atoms with van der Waals surface area (Å²) in [4.78, 5) is 0. The maximum absolute atomic E-state index is 6.17. The number of aromatic nitrogens is 3. The van der Waals surface area contributed by atoms with Gasteiger partial charge in [0.1, 0.15) is 6.61 Å². The molecule has 0 spiro atoms. The molecular weight excluding hydrogens is 476 g/mol. The summed E-state index contributed by atoms with van der Waals surface area (Å²) in [5, 5.41) is 7.22. The standard InChI is InChI=1S/C23H21BrN4O2S/c1-29-20-13-19(24)12-18(21(20)30-15-16-8-4-2-5-9-16)14-25-28-22(26-27-23(28)31)17-10-6-3-7-11-17/h2-13,25H,14-15H2,1H3,(H,27,31). The Kier molecular flexibility index (Phi) is 6.69. The normalized spacial score (nSPS) is 10.6. The molecule has 0 aliphatic rings. The van der Waals surface area contributed by atoms with Gasteiger partial charge >= 0.3 is 0 Å². The van der Waals surface area contributed by atoms with Crippen molar-refractivity contribution in [3.63, 3.8) is 0 Å². The molecule has 2 N–H and O–H groups in total. The van der Waals surface area contributed by atoms with Gasteiger partial charge in [-0.25, -0.2) is 9.77 Å². The molecule has 0 radical (unpaired) electrons. The number of halogens is 1. The second kappa shape index (κ2) is 9.80. The summed E-state index contributed by atoms with van der Waals surface area (Å²) in [6.45, 7) is 0.889. The molecule has 0 aliphatic carbocycles. The first kappa shape index (κ1) is 21.1. The van der Waals surface area contributed by atoms with E-state index in [-0.39, 0.29) is 0 Å². The molecule has 4 rings (SSSR count). The maximum atomic E-state index is 6.17. The van der Waals surface area contributed by atoms with Crippen molar-refractivity contribution in [2.24, 2.45) is 0 Å². The number of aromatic amines is 1. The lowest BCUT2D eigenvalue weighted by molar-refractivity contribution is 0.281. The Morgan fingerprint density at radius 2 is 1.77 bits per heavy atom. The highest BCUT2D eigenvalue weighted by molar-refractivity contribution is 9.10. The Hall–Kier alpha value is -3.10. The molecule has 31 heavy (non-hydrogen) atoms. The lowest BCUT2D eigenvalue weighted by Crippen LogP contribution is -2.17. The number of hydrogen-bond donors (Lipinski definition) is 2. The maximum Gasteiger partial charge on any atom is 0.214 e. The summed E-state index contributed by atoms with van der Waals surface area (Å²) in [6, 6.07) is 23.8. The van der Waals surface area contributed by atoms with Crippen LogP contribution in [0.3, 0.4) is 0 Å². The Bertz CT molecular complexity index is 1210. The van der Waals surface area contributed by atoms with Crippen LogP contribution < -0.4 is 14.9 Å². The minimum absolute atomic E-state index is 0.437. The van der Waals surface area contributed by atoms with Gasteiger partial charge < -0.3 is 14.9 Å². The van der Waals surface area contributed by atoms with Crippen LogP contribution in [0.25, 0.3) is 11.4 Å². The molecule has 0 unspecified atom stereocenters. The van der Waals surface area contributed by atoms with Gasteiger partial charge in [0.25, 0.3) is 0 Å². The molecule has 8 heteroatoms. The first-order chi connectivity index (χ1) is 15.2. The quantitative estimate of drug-likeness (QED) is 0.306. The van der Waals surface area contributed by atoms with Gasteiger partial charge in [-0.15, -0.1) is 0 Å². The van der Waals surface area contributed by atoms with Crippen LogP contribution in [0.15, 0.2) is 77.3 Å². The van der Waals surface area contributed by atoms with Gasteiger partial charge in [0, 0.05) is 15.6 Å². The van der Waals surface area contributed by atoms with Crippen LogP contribution in [-0.2, 0) is 13.2 Å². The Morgan fingerprint density at radius 1 is 1.06 bits per heavy atom. The second-order valence-corrected chi connectivity index (χ2v) is 8.06. The number of H-pyrrole nitrogens is 1. The van der Waals surface area contributed by atoms with E-state index >= 15 is 0 Å². The molecule has 6 nitrogen and oxygen atoms in total. The molecule has 0 saturated carbocycles. The van der Waals surface area contributed by atoms with Crippen LogP contribution >= 0.6 is 28.1 Å². The van der Waals surface area contributed by atoms with Crippen molar-refractivity contribution in [1.29, 1.82) is 0 Å². The van der Waals surface area contributed by atoms with E-state index in [4.69, 9.17) is 21.7 Å². The number of rotatable bonds is 8. The number of benzene rings is 3. The predicted molar refractivity (Wildman–Crippen MR) is 127 cm³/mol. The molecule has 0 amide bonds. The van der Waals surface area contributed by atoms with Gasteiger partial charge in [-0.2, -0.15) is 5.10 Å². The van der Waals surface area contributed by atoms with Crippen LogP contribution in [0.1, 0.15) is 11.1 Å². The summed E-state index contributed by atoms with van der Waals surface area (Å²) in [7, 11) is 1.63. The third kappa shape index (κ3) is 4.98. The first-order valence-corrected chi connectivity index (χ1v) is 10.9. The molecule has 0 atom stereocenters. The van der Waals surface area contributed by atoms with Crippen molar-refractivity contribution in [1.82, 2.24) is 14.9 Å². The van der Waals surface area contributed by atoms with Crippen molar-refractivity contribution in [3.05, 3.63) is 93.2 Å². The van der Waals surface area contributed by atoms with Gasteiger partial charge in [-0.1, -0.05) is 76.6 Å². The van der Waals surface area contributed by atoms with Crippen molar-refractivity contribution >= 4 is 28.1 Å². The minimum Gasteiger partial charge on any atom is -0.493 e. The van der Waals surface area contributed by atoms with Gasteiger partial charge in [-0.05, 0) is 29.9 Å². The number of hydrogen-bond acceptors (Lipinski definition) is 5. The van der Waals surface area contributed by atoms with E-state index in [1.807, 2.05) is 72.8 Å². The zero-order valence-electron chi connectivity index (χ0n) is 16.8. The lowest BCUT2D eigenvalue weighted by Gasteiger charge is -2.17. The molecule has 1 heterocycles. The average molecular weight is 497 g/mol. The third-order valence-electron chi connectivity index (χ3n) is 4.67. The molecule has 0 fully saturated rings. The van der Waals surface area contributed by atoms with E-state index in [9.17, 15) is 0 Å². The summed E-state index contributed by atoms with van der Waals surface area (Å²) >= 11 is 8.99. The number of nitrogens with one attached hydrogen (secondary N) is 2. The summed E-state index contributed by atoms with van der Waals surface area (Å²) < 4.78 is 14.9. The highest BCUT2D eigenvalue weighted by atomic mass is 79.9. The van der Waals surface area contributed by atoms with Crippen molar-refractivity contribution in [2.45, 2.75) is 13.2 Å². The van der Waals surface area contributed by atoms with Gasteiger partial charge in [-0.3, -0.25) is 0 Å². The molecule has 0 aliphatic heterocycles. The molecule has 4 aromatic rings. The highest BCUT2D eigenvalue weighted by Crippen LogP contribution is 2.35. The fourth-order valence-corrected chi connectivity index (χ4v) is 3.87. The molecule has 1 aromatic heterocycles. The van der Waals surface area contributed by atoms with Crippen molar-refractivity contribution in [2.75, 3.05) is 12.5 Å². The van der Waals surface area contributed by atoms with Crippen LogP contribution in [0.4, 0.5) is 0 Å². The van der Waals surface area contributed by atoms with E-state index in [2.05, 4.69) is 31.6 Å². The summed E-state index contributed by atoms with van der Waals surface area (Å²) in [5.74, 6) is 2.04. The van der Waals surface area contributed by atoms with Crippen molar-refractivity contribution < 1.29 is 9.47 Å². The Morgan fingerprint density at radius 3 is 2.48 bits per heavy atom. The number of nitrogens with zero attached hydrogens (tertiary/aromatic N) is 2. The Labute approximate surface area is 193 Å². The summed E-state index contributed by atoms with van der Waals surface area (Å²) in [6.07, 6.45) is 0. The summed E-state index contributed by atoms with van der Waals surface area (Å²) in [5.41, 5.74) is 6.31. The SMILES string of the molecule is COc1cc(Br)cc(CNn2c(-c3ccccc3)n[nH]c2=S)c1OCc1ccccc1. The number of ether oxygens (including phenoxy) is 2. The Balaban J connectivity index is 1.61. The van der Waals surface area contributed by atoms with E-state index < -0.39 is 0 Å². The van der Waals surface area contributed by atoms with Gasteiger partial charge in [0.15, 0.2) is 17.3 Å². The zero-order chi connectivity index (χ0) is 21.6. The van der Waals surface area contributed by atoms with Gasteiger partial charge in [0.2, 0.25) is 4.77 Å². The van der Waals surface area contributed by atoms with E-state index in [1.54, 1.807) is 11.8 Å². The first-order valence-electron chi connectivity index (χ1n) is 9.65. The topological polar surface area (TPSA) is 64.1 Å². The molecule has 158 valence electrons. The third-order valence-corrected chi connectivity index (χ3v) is 5.41. The minimum atomic E-state index is 0.437. The largest absolute Gasteiger partial charge is 0.493 e. The van der Waals surface area contributed by atoms with Gasteiger partial charge in [0.05, 0.1) is 13.7 Å². The van der Waals surface area contributed by atoms with E-state index in [0.29, 0.717) is 35.2 Å². The van der Waals surface area contributed by atoms with E-state index in [0.717, 1.165) is 21.2 Å². The number of methoxy groups -OCH3 is 1. The molecule has 0 saturated heterocycles. The predicted octanol–water partition coefficient (Wildman–Crippen LogP) is 5.70. The average Bonchev–Trinajstić information content (AvgIpc) is 3.18. The lowest BCUT2D eigenvalue weighted by atomic mass is 10.1. The molecule has 3 aromatic carbocycles. The van der Waals surface area contributed by atoms with Crippen LogP contribution in [0, 0.1) is 4.77 Å². The van der Waals surface area contributed by atoms with Crippen molar-refractivity contribution in [3.8, 4) is 22.9 Å². The van der Waals surface area contributed by atoms with E-state index in [1.165, 1.54) is 0 Å². The monoisotopic (exact) mass is 496 g/mol. The van der Waals surface area contributed by atoms with Crippen LogP contribution in [0.5, 0.6) is 11.5 Å². The highest BCUT2D eigenvalue weighted by Gasteiger charge is 2.15.